The minimum atomic E-state index is -1.44. The summed E-state index contributed by atoms with van der Waals surface area (Å²) >= 11 is 0. The lowest BCUT2D eigenvalue weighted by molar-refractivity contribution is 0.154. The fourth-order valence-corrected chi connectivity index (χ4v) is 0.770. The third-order valence-electron chi connectivity index (χ3n) is 1.04. The molecule has 0 aromatic carbocycles. The number of ether oxygens (including phenoxy) is 1. The minimum absolute atomic E-state index is 0.192. The van der Waals surface area contributed by atoms with E-state index in [0.717, 1.165) is 0 Å². The summed E-state index contributed by atoms with van der Waals surface area (Å²) in [6.07, 6.45) is 0.0691. The van der Waals surface area contributed by atoms with Gasteiger partial charge in [-0.1, -0.05) is 9.24 Å². The zero-order chi connectivity index (χ0) is 8.27. The number of pyridine rings is 1. The number of rotatable bonds is 2. The highest BCUT2D eigenvalue weighted by atomic mass is 31.0. The molecule has 0 aliphatic heterocycles. The van der Waals surface area contributed by atoms with Gasteiger partial charge < -0.3 is 10.5 Å². The van der Waals surface area contributed by atoms with Crippen LogP contribution in [0.1, 0.15) is 0 Å². The van der Waals surface area contributed by atoms with Gasteiger partial charge in [0.1, 0.15) is 0 Å². The van der Waals surface area contributed by atoms with Gasteiger partial charge in [0, 0.05) is 6.20 Å². The van der Waals surface area contributed by atoms with Crippen molar-refractivity contribution < 1.29 is 9.13 Å². The lowest BCUT2D eigenvalue weighted by atomic mass is 10.4. The molecule has 1 heterocycles. The third kappa shape index (κ3) is 2.31. The Kier molecular flexibility index (Phi) is 2.60. The molecule has 5 heteroatoms. The van der Waals surface area contributed by atoms with Crippen molar-refractivity contribution in [3.8, 4) is 5.75 Å². The van der Waals surface area contributed by atoms with Gasteiger partial charge in [0.15, 0.2) is 11.6 Å². The van der Waals surface area contributed by atoms with Crippen molar-refractivity contribution in [1.29, 1.82) is 0 Å². The van der Waals surface area contributed by atoms with Crippen molar-refractivity contribution in [2.45, 2.75) is 6.10 Å². The number of nitrogens with two attached hydrogens (primary N) is 1. The number of hydrogen-bond donors (Lipinski definition) is 1. The summed E-state index contributed by atoms with van der Waals surface area (Å²) in [5, 5.41) is 0. The fraction of sp³-hybridized carbons (Fsp3) is 0.167. The standard InChI is InChI=1S/C6H8FN2OP/c7-6(11)10-4-2-1-3-9-5(4)8/h1-3,6H,11H2,(H2,8,9). The molecule has 0 fully saturated rings. The van der Waals surface area contributed by atoms with Gasteiger partial charge in [-0.15, -0.1) is 0 Å². The number of anilines is 1. The summed E-state index contributed by atoms with van der Waals surface area (Å²) in [7, 11) is 1.86. The first kappa shape index (κ1) is 8.21. The van der Waals surface area contributed by atoms with E-state index in [2.05, 4.69) is 9.72 Å². The van der Waals surface area contributed by atoms with Crippen LogP contribution in [0.25, 0.3) is 0 Å². The van der Waals surface area contributed by atoms with Crippen LogP contribution in [0.3, 0.4) is 0 Å². The largest absolute Gasteiger partial charge is 0.454 e. The molecule has 0 saturated carbocycles. The average Bonchev–Trinajstić information content (AvgIpc) is 1.93. The van der Waals surface area contributed by atoms with E-state index in [1.807, 2.05) is 9.24 Å². The molecule has 1 aromatic heterocycles. The van der Waals surface area contributed by atoms with Gasteiger partial charge >= 0.3 is 0 Å². The summed E-state index contributed by atoms with van der Waals surface area (Å²) in [6.45, 7) is 0. The molecule has 2 unspecified atom stereocenters. The SMILES string of the molecule is Nc1ncccc1OC(F)P. The average molecular weight is 174 g/mol. The highest BCUT2D eigenvalue weighted by Crippen LogP contribution is 2.20. The van der Waals surface area contributed by atoms with Crippen LogP contribution in [0.5, 0.6) is 5.75 Å². The molecule has 60 valence electrons. The molecule has 0 spiro atoms. The Morgan fingerprint density at radius 3 is 3.00 bits per heavy atom. The van der Waals surface area contributed by atoms with E-state index in [1.54, 1.807) is 12.1 Å². The molecule has 1 aromatic rings. The highest BCUT2D eigenvalue weighted by molar-refractivity contribution is 7.16. The molecule has 0 radical (unpaired) electrons. The maximum Gasteiger partial charge on any atom is 0.249 e. The van der Waals surface area contributed by atoms with Crippen molar-refractivity contribution in [3.63, 3.8) is 0 Å². The van der Waals surface area contributed by atoms with Crippen LogP contribution in [0.15, 0.2) is 18.3 Å². The maximum atomic E-state index is 12.2. The van der Waals surface area contributed by atoms with Crippen LogP contribution in [-0.4, -0.2) is 11.1 Å². The van der Waals surface area contributed by atoms with Crippen molar-refractivity contribution in [3.05, 3.63) is 18.3 Å². The van der Waals surface area contributed by atoms with Crippen molar-refractivity contribution >= 4 is 15.1 Å². The van der Waals surface area contributed by atoms with Crippen LogP contribution < -0.4 is 10.5 Å². The van der Waals surface area contributed by atoms with Gasteiger partial charge in [-0.05, 0) is 12.1 Å². The van der Waals surface area contributed by atoms with Gasteiger partial charge in [0.2, 0.25) is 6.10 Å². The summed E-state index contributed by atoms with van der Waals surface area (Å²) in [5.41, 5.74) is 5.36. The zero-order valence-corrected chi connectivity index (χ0v) is 6.85. The smallest absolute Gasteiger partial charge is 0.249 e. The fourth-order valence-electron chi connectivity index (χ4n) is 0.624. The van der Waals surface area contributed by atoms with E-state index < -0.39 is 6.10 Å². The number of hydrogen-bond acceptors (Lipinski definition) is 3. The second kappa shape index (κ2) is 3.49. The highest BCUT2D eigenvalue weighted by Gasteiger charge is 2.03. The van der Waals surface area contributed by atoms with Gasteiger partial charge in [-0.2, -0.15) is 4.39 Å². The molecule has 11 heavy (non-hydrogen) atoms. The molecule has 0 aliphatic carbocycles. The summed E-state index contributed by atoms with van der Waals surface area (Å²) in [6, 6.07) is 3.18. The molecule has 2 atom stereocenters. The topological polar surface area (TPSA) is 48.1 Å². The normalized spacial score (nSPS) is 12.5. The first-order chi connectivity index (χ1) is 5.20. The Morgan fingerprint density at radius 1 is 1.73 bits per heavy atom. The third-order valence-corrected chi connectivity index (χ3v) is 1.18. The molecule has 0 aliphatic rings. The summed E-state index contributed by atoms with van der Waals surface area (Å²) in [5.74, 6) is 0.451. The van der Waals surface area contributed by atoms with Crippen LogP contribution in [-0.2, 0) is 0 Å². The van der Waals surface area contributed by atoms with Crippen LogP contribution in [0, 0.1) is 0 Å². The first-order valence-corrected chi connectivity index (χ1v) is 3.63. The molecule has 1 rings (SSSR count). The zero-order valence-electron chi connectivity index (χ0n) is 5.70. The van der Waals surface area contributed by atoms with E-state index in [0.29, 0.717) is 0 Å². The van der Waals surface area contributed by atoms with Gasteiger partial charge in [0.05, 0.1) is 0 Å². The molecular weight excluding hydrogens is 166 g/mol. The van der Waals surface area contributed by atoms with Crippen molar-refractivity contribution in [1.82, 2.24) is 4.98 Å². The number of alkyl halides is 1. The van der Waals surface area contributed by atoms with E-state index >= 15 is 0 Å². The Morgan fingerprint density at radius 2 is 2.45 bits per heavy atom. The second-order valence-electron chi connectivity index (χ2n) is 1.86. The maximum absolute atomic E-state index is 12.2. The lowest BCUT2D eigenvalue weighted by Crippen LogP contribution is -2.03. The molecular formula is C6H8FN2OP. The molecule has 2 N–H and O–H groups in total. The van der Waals surface area contributed by atoms with Crippen molar-refractivity contribution in [2.24, 2.45) is 0 Å². The van der Waals surface area contributed by atoms with Crippen LogP contribution in [0.2, 0.25) is 0 Å². The Labute approximate surface area is 66.0 Å². The second-order valence-corrected chi connectivity index (χ2v) is 2.38. The molecule has 0 saturated heterocycles. The molecule has 0 amide bonds. The molecule has 0 bridgehead atoms. The number of aromatic nitrogens is 1. The monoisotopic (exact) mass is 174 g/mol. The van der Waals surface area contributed by atoms with Crippen LogP contribution in [0.4, 0.5) is 10.2 Å². The summed E-state index contributed by atoms with van der Waals surface area (Å²) in [4.78, 5) is 3.71. The predicted octanol–water partition coefficient (Wildman–Crippen LogP) is 1.17. The lowest BCUT2D eigenvalue weighted by Gasteiger charge is -2.07. The molecule has 3 nitrogen and oxygen atoms in total. The first-order valence-electron chi connectivity index (χ1n) is 2.97. The quantitative estimate of drug-likeness (QED) is 0.684. The van der Waals surface area contributed by atoms with E-state index in [-0.39, 0.29) is 11.6 Å². The van der Waals surface area contributed by atoms with E-state index in [4.69, 9.17) is 5.73 Å². The minimum Gasteiger partial charge on any atom is -0.454 e. The van der Waals surface area contributed by atoms with E-state index in [9.17, 15) is 4.39 Å². The van der Waals surface area contributed by atoms with Gasteiger partial charge in [-0.3, -0.25) is 0 Å². The number of halogens is 1. The Balaban J connectivity index is 2.78. The predicted molar refractivity (Wildman–Crippen MR) is 43.9 cm³/mol. The Hall–Kier alpha value is -0.890. The van der Waals surface area contributed by atoms with Gasteiger partial charge in [-0.25, -0.2) is 4.98 Å². The number of nitrogens with zero attached hydrogens (tertiary/aromatic N) is 1. The number of nitrogen functional groups attached to an aromatic ring is 1. The van der Waals surface area contributed by atoms with Crippen LogP contribution >= 0.6 is 9.24 Å². The van der Waals surface area contributed by atoms with Crippen molar-refractivity contribution in [2.75, 3.05) is 5.73 Å². The van der Waals surface area contributed by atoms with E-state index in [1.165, 1.54) is 6.20 Å². The van der Waals surface area contributed by atoms with Gasteiger partial charge in [0.25, 0.3) is 0 Å². The Bertz CT molecular complexity index is 244. The summed E-state index contributed by atoms with van der Waals surface area (Å²) < 4.78 is 16.9.